The van der Waals surface area contributed by atoms with Crippen LogP contribution in [0, 0.1) is 34.5 Å². The molecule has 4 nitrogen and oxygen atoms in total. The summed E-state index contributed by atoms with van der Waals surface area (Å²) in [5.74, 6) is 2.13. The Kier molecular flexibility index (Phi) is 7.58. The van der Waals surface area contributed by atoms with Gasteiger partial charge in [0, 0.05) is 19.8 Å². The molecule has 2 fully saturated rings. The van der Waals surface area contributed by atoms with Gasteiger partial charge in [0.25, 0.3) is 0 Å². The van der Waals surface area contributed by atoms with Crippen molar-refractivity contribution >= 4 is 11.9 Å². The zero-order chi connectivity index (χ0) is 22.8. The van der Waals surface area contributed by atoms with Gasteiger partial charge in [-0.05, 0) is 79.4 Å². The number of esters is 2. The Morgan fingerprint density at radius 1 is 1.23 bits per heavy atom. The second kappa shape index (κ2) is 9.67. The molecule has 7 atom stereocenters. The van der Waals surface area contributed by atoms with Crippen LogP contribution in [0.4, 0.5) is 0 Å². The van der Waals surface area contributed by atoms with Crippen molar-refractivity contribution in [1.82, 2.24) is 0 Å². The molecule has 0 radical (unpaired) electrons. The fraction of sp³-hybridized carbons (Fsp3) is 0.852. The zero-order valence-electron chi connectivity index (χ0n) is 20.7. The number of methoxy groups -OCH3 is 1. The smallest absolute Gasteiger partial charge is 0.305 e. The highest BCUT2D eigenvalue weighted by Crippen LogP contribution is 2.57. The fourth-order valence-electron chi connectivity index (χ4n) is 7.52. The summed E-state index contributed by atoms with van der Waals surface area (Å²) in [6, 6.07) is 0. The minimum absolute atomic E-state index is 0.0572. The summed E-state index contributed by atoms with van der Waals surface area (Å²) >= 11 is 0. The van der Waals surface area contributed by atoms with E-state index in [9.17, 15) is 9.59 Å². The third-order valence-electron chi connectivity index (χ3n) is 9.33. The lowest BCUT2D eigenvalue weighted by Gasteiger charge is -2.51. The number of carbonyl (C=O) groups excluding carboxylic acids is 2. The minimum Gasteiger partial charge on any atom is -0.469 e. The molecule has 3 rings (SSSR count). The van der Waals surface area contributed by atoms with Crippen LogP contribution in [0.15, 0.2) is 11.6 Å². The first kappa shape index (κ1) is 24.3. The summed E-state index contributed by atoms with van der Waals surface area (Å²) in [5, 5.41) is 0. The Labute approximate surface area is 189 Å². The monoisotopic (exact) mass is 432 g/mol. The van der Waals surface area contributed by atoms with Crippen molar-refractivity contribution in [3.8, 4) is 0 Å². The van der Waals surface area contributed by atoms with Gasteiger partial charge >= 0.3 is 11.9 Å². The van der Waals surface area contributed by atoms with E-state index in [4.69, 9.17) is 9.47 Å². The van der Waals surface area contributed by atoms with E-state index in [2.05, 4.69) is 33.8 Å². The van der Waals surface area contributed by atoms with Crippen LogP contribution in [0.3, 0.4) is 0 Å². The highest BCUT2D eigenvalue weighted by Gasteiger charge is 2.48. The molecule has 0 heterocycles. The molecule has 31 heavy (non-hydrogen) atoms. The average molecular weight is 433 g/mol. The number of hydrogen-bond donors (Lipinski definition) is 0. The van der Waals surface area contributed by atoms with E-state index < -0.39 is 0 Å². The first-order chi connectivity index (χ1) is 14.6. The number of allylic oxidation sites excluding steroid dienone is 1. The normalized spacial score (nSPS) is 38.7. The van der Waals surface area contributed by atoms with Crippen LogP contribution in [-0.4, -0.2) is 25.2 Å². The summed E-state index contributed by atoms with van der Waals surface area (Å²) in [7, 11) is 1.50. The van der Waals surface area contributed by atoms with Crippen LogP contribution in [0.2, 0.25) is 0 Å². The van der Waals surface area contributed by atoms with Gasteiger partial charge in [-0.1, -0.05) is 45.8 Å². The van der Waals surface area contributed by atoms with E-state index in [1.807, 2.05) is 0 Å². The van der Waals surface area contributed by atoms with Gasteiger partial charge in [0.1, 0.15) is 6.10 Å². The molecular formula is C27H44O4. The standard InChI is InChI=1S/C27H44O4/c1-18-9-10-21-17-22(31-20(3)28)11-15-27(21,5)24(18)12-14-26(4)13-7-8-23(26)19(2)16-25(29)30-6/h10,18-19,22-24H,7-9,11-17H2,1-6H3/t18?,19-,22+,23-,24?,26-,27+/m1/s1. The molecular weight excluding hydrogens is 388 g/mol. The van der Waals surface area contributed by atoms with Gasteiger partial charge in [0.15, 0.2) is 0 Å². The largest absolute Gasteiger partial charge is 0.469 e. The molecule has 176 valence electrons. The van der Waals surface area contributed by atoms with E-state index in [1.54, 1.807) is 0 Å². The molecule has 3 aliphatic carbocycles. The zero-order valence-corrected chi connectivity index (χ0v) is 20.7. The van der Waals surface area contributed by atoms with E-state index in [1.165, 1.54) is 51.7 Å². The van der Waals surface area contributed by atoms with E-state index >= 15 is 0 Å². The Morgan fingerprint density at radius 2 is 1.97 bits per heavy atom. The molecule has 0 aromatic rings. The highest BCUT2D eigenvalue weighted by atomic mass is 16.5. The summed E-state index contributed by atoms with van der Waals surface area (Å²) in [5.41, 5.74) is 2.08. The number of fused-ring (bicyclic) bond motifs is 1. The molecule has 2 saturated carbocycles. The third kappa shape index (κ3) is 5.20. The predicted octanol–water partition coefficient (Wildman–Crippen LogP) is 6.48. The van der Waals surface area contributed by atoms with Gasteiger partial charge in [-0.25, -0.2) is 0 Å². The Balaban J connectivity index is 1.68. The quantitative estimate of drug-likeness (QED) is 0.341. The van der Waals surface area contributed by atoms with Gasteiger partial charge in [-0.3, -0.25) is 9.59 Å². The van der Waals surface area contributed by atoms with Crippen LogP contribution in [0.5, 0.6) is 0 Å². The minimum atomic E-state index is -0.156. The molecule has 4 heteroatoms. The molecule has 2 unspecified atom stereocenters. The molecule has 0 saturated heterocycles. The van der Waals surface area contributed by atoms with Gasteiger partial charge < -0.3 is 9.47 Å². The van der Waals surface area contributed by atoms with Crippen LogP contribution in [0.1, 0.15) is 98.8 Å². The number of hydrogen-bond acceptors (Lipinski definition) is 4. The first-order valence-corrected chi connectivity index (χ1v) is 12.5. The van der Waals surface area contributed by atoms with Crippen molar-refractivity contribution in [2.45, 2.75) is 105 Å². The van der Waals surface area contributed by atoms with E-state index in [0.29, 0.717) is 35.5 Å². The highest BCUT2D eigenvalue weighted by molar-refractivity contribution is 5.69. The van der Waals surface area contributed by atoms with E-state index in [0.717, 1.165) is 25.7 Å². The second-order valence-electron chi connectivity index (χ2n) is 11.4. The van der Waals surface area contributed by atoms with Crippen LogP contribution < -0.4 is 0 Å². The van der Waals surface area contributed by atoms with Gasteiger partial charge in [-0.2, -0.15) is 0 Å². The lowest BCUT2D eigenvalue weighted by molar-refractivity contribution is -0.148. The van der Waals surface area contributed by atoms with Crippen molar-refractivity contribution in [1.29, 1.82) is 0 Å². The van der Waals surface area contributed by atoms with Crippen molar-refractivity contribution in [3.05, 3.63) is 11.6 Å². The summed E-state index contributed by atoms with van der Waals surface area (Å²) in [6.07, 6.45) is 13.5. The fourth-order valence-corrected chi connectivity index (χ4v) is 7.52. The lowest BCUT2D eigenvalue weighted by atomic mass is 9.55. The lowest BCUT2D eigenvalue weighted by Crippen LogP contribution is -2.43. The number of carbonyl (C=O) groups is 2. The summed E-state index contributed by atoms with van der Waals surface area (Å²) < 4.78 is 10.5. The van der Waals surface area contributed by atoms with Crippen molar-refractivity contribution < 1.29 is 19.1 Å². The van der Waals surface area contributed by atoms with Gasteiger partial charge in [-0.15, -0.1) is 0 Å². The first-order valence-electron chi connectivity index (χ1n) is 12.5. The van der Waals surface area contributed by atoms with Gasteiger partial charge in [0.2, 0.25) is 0 Å². The molecule has 0 bridgehead atoms. The number of rotatable bonds is 7. The molecule has 0 spiro atoms. The van der Waals surface area contributed by atoms with E-state index in [-0.39, 0.29) is 23.5 Å². The maximum atomic E-state index is 11.9. The van der Waals surface area contributed by atoms with Crippen molar-refractivity contribution in [3.63, 3.8) is 0 Å². The molecule has 0 aliphatic heterocycles. The predicted molar refractivity (Wildman–Crippen MR) is 123 cm³/mol. The molecule has 0 aromatic carbocycles. The van der Waals surface area contributed by atoms with Crippen LogP contribution in [-0.2, 0) is 19.1 Å². The topological polar surface area (TPSA) is 52.6 Å². The summed E-state index contributed by atoms with van der Waals surface area (Å²) in [6.45, 7) is 11.1. The SMILES string of the molecule is COC(=O)C[C@@H](C)[C@H]1CCC[C@]1(C)CCC1C(C)CC=C2C[C@@H](OC(C)=O)CC[C@@]21C. The molecule has 0 amide bonds. The maximum absolute atomic E-state index is 11.9. The Bertz CT molecular complexity index is 697. The van der Waals surface area contributed by atoms with Gasteiger partial charge in [0.05, 0.1) is 7.11 Å². The second-order valence-corrected chi connectivity index (χ2v) is 11.4. The maximum Gasteiger partial charge on any atom is 0.305 e. The summed E-state index contributed by atoms with van der Waals surface area (Å²) in [4.78, 5) is 23.3. The third-order valence-corrected chi connectivity index (χ3v) is 9.33. The molecule has 0 aromatic heterocycles. The van der Waals surface area contributed by atoms with Crippen molar-refractivity contribution in [2.75, 3.05) is 7.11 Å². The average Bonchev–Trinajstić information content (AvgIpc) is 3.09. The van der Waals surface area contributed by atoms with Crippen molar-refractivity contribution in [2.24, 2.45) is 34.5 Å². The van der Waals surface area contributed by atoms with Crippen LogP contribution >= 0.6 is 0 Å². The molecule has 3 aliphatic rings. The Morgan fingerprint density at radius 3 is 2.65 bits per heavy atom. The number of ether oxygens (including phenoxy) is 2. The Hall–Kier alpha value is -1.32. The van der Waals surface area contributed by atoms with Crippen LogP contribution in [0.25, 0.3) is 0 Å². The molecule has 0 N–H and O–H groups in total.